The first-order valence-electron chi connectivity index (χ1n) is 12.6. The number of thiazole rings is 1. The third-order valence-electron chi connectivity index (χ3n) is 7.16. The largest absolute Gasteiger partial charge is 0.418 e. The Morgan fingerprint density at radius 2 is 2.02 bits per heavy atom. The molecule has 0 spiro atoms. The number of hydrogen-bond donors (Lipinski definition) is 1. The summed E-state index contributed by atoms with van der Waals surface area (Å²) < 4.78 is 63.3. The van der Waals surface area contributed by atoms with Gasteiger partial charge in [0.1, 0.15) is 52.4 Å². The van der Waals surface area contributed by atoms with E-state index in [2.05, 4.69) is 20.4 Å². The number of nitrogens with zero attached hydrogens (tertiary/aromatic N) is 6. The zero-order valence-corrected chi connectivity index (χ0v) is 23.8. The van der Waals surface area contributed by atoms with E-state index in [0.29, 0.717) is 28.0 Å². The Labute approximate surface area is 245 Å². The first-order valence-corrected chi connectivity index (χ1v) is 14.2. The maximum absolute atomic E-state index is 14.1. The molecule has 2 aliphatic heterocycles. The molecular weight excluding hydrogens is 608 g/mol. The highest BCUT2D eigenvalue weighted by atomic mass is 35.5. The number of aromatic nitrogens is 6. The number of rotatable bonds is 6. The second kappa shape index (κ2) is 10.9. The van der Waals surface area contributed by atoms with Crippen molar-refractivity contribution < 1.29 is 32.5 Å². The van der Waals surface area contributed by atoms with Crippen LogP contribution in [-0.2, 0) is 26.8 Å². The molecule has 41 heavy (non-hydrogen) atoms. The summed E-state index contributed by atoms with van der Waals surface area (Å²) in [6.07, 6.45) is -6.94. The zero-order chi connectivity index (χ0) is 29.1. The molecule has 16 heteroatoms. The lowest BCUT2D eigenvalue weighted by atomic mass is 9.89. The van der Waals surface area contributed by atoms with Crippen molar-refractivity contribution in [1.82, 2.24) is 29.8 Å². The Morgan fingerprint density at radius 1 is 1.22 bits per heavy atom. The lowest BCUT2D eigenvalue weighted by Crippen LogP contribution is -2.53. The van der Waals surface area contributed by atoms with Crippen LogP contribution in [0.25, 0.3) is 16.4 Å². The van der Waals surface area contributed by atoms with Crippen LogP contribution in [0.5, 0.6) is 0 Å². The molecule has 0 radical (unpaired) electrons. The number of aliphatic hydroxyl groups is 1. The van der Waals surface area contributed by atoms with Crippen LogP contribution in [0.1, 0.15) is 36.0 Å². The van der Waals surface area contributed by atoms with Crippen molar-refractivity contribution in [2.75, 3.05) is 13.7 Å². The Hall–Kier alpha value is -2.59. The molecule has 2 aliphatic rings. The van der Waals surface area contributed by atoms with E-state index in [-0.39, 0.29) is 23.0 Å². The SMILES string of the molecule is CCc1cc([C@@H]2OC3C(O)CO[C@@H]3C(n3cc(-c4nc(Cl)cs4)nn3)C2OC)n(-c2cc(Cl)ccc2C(F)(F)F)n1. The highest BCUT2D eigenvalue weighted by Gasteiger charge is 2.55. The van der Waals surface area contributed by atoms with E-state index >= 15 is 0 Å². The van der Waals surface area contributed by atoms with Crippen molar-refractivity contribution in [3.8, 4) is 16.4 Å². The van der Waals surface area contributed by atoms with Gasteiger partial charge in [-0.15, -0.1) is 16.4 Å². The van der Waals surface area contributed by atoms with Gasteiger partial charge >= 0.3 is 6.18 Å². The molecule has 0 bridgehead atoms. The van der Waals surface area contributed by atoms with Crippen molar-refractivity contribution in [1.29, 1.82) is 0 Å². The molecule has 2 saturated heterocycles. The average Bonchev–Trinajstić information content (AvgIpc) is 3.73. The summed E-state index contributed by atoms with van der Waals surface area (Å²) in [5, 5.41) is 26.4. The number of ether oxygens (including phenoxy) is 3. The molecule has 3 aromatic heterocycles. The van der Waals surface area contributed by atoms with Crippen LogP contribution in [0, 0.1) is 0 Å². The Bertz CT molecular complexity index is 1560. The van der Waals surface area contributed by atoms with Crippen molar-refractivity contribution in [3.63, 3.8) is 0 Å². The molecular formula is C25H23Cl2F3N6O4S. The summed E-state index contributed by atoms with van der Waals surface area (Å²) in [5.41, 5.74) is 0.0965. The number of hydrogen-bond acceptors (Lipinski definition) is 9. The van der Waals surface area contributed by atoms with Crippen LogP contribution >= 0.6 is 34.5 Å². The molecule has 6 rings (SSSR count). The van der Waals surface area contributed by atoms with Gasteiger partial charge in [-0.3, -0.25) is 0 Å². The van der Waals surface area contributed by atoms with Gasteiger partial charge < -0.3 is 19.3 Å². The van der Waals surface area contributed by atoms with E-state index in [4.69, 9.17) is 37.4 Å². The fraction of sp³-hybridized carbons (Fsp3) is 0.440. The van der Waals surface area contributed by atoms with Crippen molar-refractivity contribution in [2.45, 2.75) is 56.1 Å². The van der Waals surface area contributed by atoms with Crippen molar-refractivity contribution >= 4 is 34.5 Å². The van der Waals surface area contributed by atoms with Crippen LogP contribution in [0.15, 0.2) is 35.8 Å². The Morgan fingerprint density at radius 3 is 2.71 bits per heavy atom. The zero-order valence-electron chi connectivity index (χ0n) is 21.5. The van der Waals surface area contributed by atoms with Gasteiger partial charge in [0.25, 0.3) is 0 Å². The molecule has 5 heterocycles. The number of benzene rings is 1. The van der Waals surface area contributed by atoms with Gasteiger partial charge in [-0.25, -0.2) is 14.3 Å². The highest BCUT2D eigenvalue weighted by Crippen LogP contribution is 2.46. The molecule has 2 fully saturated rings. The highest BCUT2D eigenvalue weighted by molar-refractivity contribution is 7.13. The predicted octanol–water partition coefficient (Wildman–Crippen LogP) is 4.93. The van der Waals surface area contributed by atoms with Crippen LogP contribution in [0.2, 0.25) is 10.2 Å². The monoisotopic (exact) mass is 630 g/mol. The van der Waals surface area contributed by atoms with Gasteiger partial charge in [-0.2, -0.15) is 18.3 Å². The Balaban J connectivity index is 1.48. The van der Waals surface area contributed by atoms with E-state index in [1.54, 1.807) is 22.3 Å². The molecule has 4 unspecified atom stereocenters. The topological polar surface area (TPSA) is 109 Å². The minimum atomic E-state index is -4.68. The standard InChI is InChI=1S/C25H23Cl2F3N6O4S/c1-3-12-7-16(36(33-12)15-6-11(26)4-5-13(15)25(28,29)30)20-22(38-2)19(23-21(40-20)17(37)9-39-23)35-8-14(32-34-35)24-31-18(27)10-41-24/h4-8,10,17,19-23,37H,3,9H2,1-2H3/t17?,19?,20-,21?,22?,23+/m0/s1. The summed E-state index contributed by atoms with van der Waals surface area (Å²) in [4.78, 5) is 4.24. The number of fused-ring (bicyclic) bond motifs is 1. The first kappa shape index (κ1) is 28.5. The van der Waals surface area contributed by atoms with Gasteiger partial charge in [0, 0.05) is 17.5 Å². The number of aryl methyl sites for hydroxylation is 1. The predicted molar refractivity (Wildman–Crippen MR) is 142 cm³/mol. The molecule has 1 N–H and O–H groups in total. The summed E-state index contributed by atoms with van der Waals surface area (Å²) in [7, 11) is 1.46. The molecule has 218 valence electrons. The third kappa shape index (κ3) is 5.15. The average molecular weight is 631 g/mol. The smallest absolute Gasteiger partial charge is 0.388 e. The summed E-state index contributed by atoms with van der Waals surface area (Å²) in [5.74, 6) is 0. The second-order valence-corrected chi connectivity index (χ2v) is 11.3. The van der Waals surface area contributed by atoms with E-state index in [0.717, 1.165) is 6.07 Å². The molecule has 0 aliphatic carbocycles. The lowest BCUT2D eigenvalue weighted by molar-refractivity contribution is -0.203. The number of aliphatic hydroxyl groups excluding tert-OH is 1. The maximum Gasteiger partial charge on any atom is 0.418 e. The number of methoxy groups -OCH3 is 1. The minimum Gasteiger partial charge on any atom is -0.388 e. The van der Waals surface area contributed by atoms with E-state index in [9.17, 15) is 18.3 Å². The van der Waals surface area contributed by atoms with Crippen LogP contribution in [0.4, 0.5) is 13.2 Å². The van der Waals surface area contributed by atoms with Crippen LogP contribution in [-0.4, -0.2) is 73.0 Å². The normalized spacial score (nSPS) is 26.4. The van der Waals surface area contributed by atoms with Crippen LogP contribution < -0.4 is 0 Å². The molecule has 0 saturated carbocycles. The summed E-state index contributed by atoms with van der Waals surface area (Å²) in [6, 6.07) is 4.29. The van der Waals surface area contributed by atoms with Gasteiger partial charge in [-0.1, -0.05) is 35.3 Å². The van der Waals surface area contributed by atoms with E-state index < -0.39 is 48.3 Å². The van der Waals surface area contributed by atoms with Crippen molar-refractivity contribution in [3.05, 3.63) is 63.0 Å². The van der Waals surface area contributed by atoms with Crippen LogP contribution in [0.3, 0.4) is 0 Å². The third-order valence-corrected chi connectivity index (χ3v) is 8.58. The molecule has 6 atom stereocenters. The molecule has 4 aromatic rings. The quantitative estimate of drug-likeness (QED) is 0.319. The van der Waals surface area contributed by atoms with Crippen molar-refractivity contribution in [2.24, 2.45) is 0 Å². The van der Waals surface area contributed by atoms with Gasteiger partial charge in [0.2, 0.25) is 0 Å². The molecule has 10 nitrogen and oxygen atoms in total. The fourth-order valence-electron chi connectivity index (χ4n) is 5.32. The fourth-order valence-corrected chi connectivity index (χ4v) is 6.38. The molecule has 0 amide bonds. The second-order valence-electron chi connectivity index (χ2n) is 9.62. The Kier molecular flexibility index (Phi) is 7.59. The summed E-state index contributed by atoms with van der Waals surface area (Å²) in [6.45, 7) is 1.83. The molecule has 1 aromatic carbocycles. The van der Waals surface area contributed by atoms with Gasteiger partial charge in [-0.05, 0) is 30.7 Å². The minimum absolute atomic E-state index is 0.00931. The maximum atomic E-state index is 14.1. The van der Waals surface area contributed by atoms with E-state index in [1.165, 1.54) is 35.3 Å². The number of alkyl halides is 3. The first-order chi connectivity index (χ1) is 19.6. The number of halogens is 5. The summed E-state index contributed by atoms with van der Waals surface area (Å²) >= 11 is 13.4. The van der Waals surface area contributed by atoms with Gasteiger partial charge in [0.15, 0.2) is 0 Å². The van der Waals surface area contributed by atoms with Gasteiger partial charge in [0.05, 0.1) is 35.4 Å². The van der Waals surface area contributed by atoms with E-state index in [1.807, 2.05) is 6.92 Å². The lowest BCUT2D eigenvalue weighted by Gasteiger charge is -2.43.